The molecule has 1 fully saturated rings. The van der Waals surface area contributed by atoms with Crippen molar-refractivity contribution in [3.8, 4) is 0 Å². The van der Waals surface area contributed by atoms with E-state index in [9.17, 15) is 8.42 Å². The van der Waals surface area contributed by atoms with Gasteiger partial charge in [-0.25, -0.2) is 13.1 Å². The maximum absolute atomic E-state index is 12.4. The van der Waals surface area contributed by atoms with E-state index >= 15 is 0 Å². The molecule has 0 saturated carbocycles. The first kappa shape index (κ1) is 15.7. The average Bonchev–Trinajstić information content (AvgIpc) is 2.42. The van der Waals surface area contributed by atoms with Gasteiger partial charge in [0.05, 0.1) is 4.90 Å². The first-order valence-corrected chi connectivity index (χ1v) is 9.41. The predicted molar refractivity (Wildman–Crippen MR) is 85.6 cm³/mol. The maximum Gasteiger partial charge on any atom is 0.240 e. The van der Waals surface area contributed by atoms with Crippen LogP contribution in [-0.4, -0.2) is 26.0 Å². The lowest BCUT2D eigenvalue weighted by molar-refractivity contribution is 0.573. The third-order valence-corrected chi connectivity index (χ3v) is 6.65. The Bertz CT molecular complexity index is 579. The number of hydrogen-bond donors (Lipinski definition) is 2. The zero-order valence-corrected chi connectivity index (χ0v) is 13.6. The van der Waals surface area contributed by atoms with Crippen molar-refractivity contribution in [1.29, 1.82) is 0 Å². The fraction of sp³-hybridized carbons (Fsp3) is 0.571. The van der Waals surface area contributed by atoms with Gasteiger partial charge in [0.25, 0.3) is 0 Å². The number of aryl methyl sites for hydroxylation is 1. The largest absolute Gasteiger partial charge is 0.399 e. The van der Waals surface area contributed by atoms with Crippen molar-refractivity contribution in [3.63, 3.8) is 0 Å². The van der Waals surface area contributed by atoms with Gasteiger partial charge in [0, 0.05) is 17.5 Å². The third-order valence-electron chi connectivity index (χ3n) is 3.71. The van der Waals surface area contributed by atoms with Crippen molar-refractivity contribution >= 4 is 27.5 Å². The lowest BCUT2D eigenvalue weighted by Crippen LogP contribution is -2.32. The molecular weight excluding hydrogens is 292 g/mol. The Morgan fingerprint density at radius 2 is 2.10 bits per heavy atom. The number of benzene rings is 1. The summed E-state index contributed by atoms with van der Waals surface area (Å²) >= 11 is 1.86. The Balaban J connectivity index is 2.14. The second-order valence-corrected chi connectivity index (χ2v) is 8.45. The lowest BCUT2D eigenvalue weighted by atomic mass is 10.1. The molecule has 0 amide bonds. The number of anilines is 1. The van der Waals surface area contributed by atoms with E-state index in [4.69, 9.17) is 5.73 Å². The van der Waals surface area contributed by atoms with E-state index in [2.05, 4.69) is 4.72 Å². The monoisotopic (exact) mass is 314 g/mol. The maximum atomic E-state index is 12.4. The smallest absolute Gasteiger partial charge is 0.240 e. The van der Waals surface area contributed by atoms with E-state index in [0.29, 0.717) is 22.4 Å². The van der Waals surface area contributed by atoms with Gasteiger partial charge in [0.15, 0.2) is 0 Å². The fourth-order valence-electron chi connectivity index (χ4n) is 2.38. The van der Waals surface area contributed by atoms with Gasteiger partial charge in [-0.15, -0.1) is 0 Å². The molecule has 1 aromatic carbocycles. The van der Waals surface area contributed by atoms with Crippen LogP contribution >= 0.6 is 11.8 Å². The summed E-state index contributed by atoms with van der Waals surface area (Å²) in [5.74, 6) is 1.13. The minimum atomic E-state index is -3.48. The number of nitrogens with one attached hydrogen (secondary N) is 1. The molecule has 1 aromatic rings. The first-order chi connectivity index (χ1) is 9.40. The highest BCUT2D eigenvalue weighted by atomic mass is 32.2. The van der Waals surface area contributed by atoms with Gasteiger partial charge in [-0.3, -0.25) is 0 Å². The number of hydrogen-bond acceptors (Lipinski definition) is 4. The van der Waals surface area contributed by atoms with Gasteiger partial charge >= 0.3 is 0 Å². The molecule has 1 aliphatic heterocycles. The van der Waals surface area contributed by atoms with Crippen molar-refractivity contribution in [2.75, 3.05) is 18.0 Å². The summed E-state index contributed by atoms with van der Waals surface area (Å²) in [4.78, 5) is 0.302. The lowest BCUT2D eigenvalue weighted by Gasteiger charge is -2.21. The quantitative estimate of drug-likeness (QED) is 0.837. The van der Waals surface area contributed by atoms with Crippen LogP contribution in [0.1, 0.15) is 30.4 Å². The Morgan fingerprint density at radius 3 is 2.75 bits per heavy atom. The van der Waals surface area contributed by atoms with Crippen LogP contribution in [0.2, 0.25) is 0 Å². The Hall–Kier alpha value is -0.720. The molecule has 112 valence electrons. The SMILES string of the molecule is Cc1cc(N)cc(S(=O)(=O)NCC2CCCCS2)c1C. The summed E-state index contributed by atoms with van der Waals surface area (Å²) in [6.07, 6.45) is 3.51. The molecule has 2 rings (SSSR count). The molecule has 0 radical (unpaired) electrons. The third kappa shape index (κ3) is 3.68. The molecule has 1 atom stereocenters. The van der Waals surface area contributed by atoms with Crippen LogP contribution in [0, 0.1) is 13.8 Å². The van der Waals surface area contributed by atoms with Crippen LogP contribution in [0.25, 0.3) is 0 Å². The summed E-state index contributed by atoms with van der Waals surface area (Å²) in [5, 5.41) is 0.390. The van der Waals surface area contributed by atoms with E-state index in [1.807, 2.05) is 25.6 Å². The average molecular weight is 314 g/mol. The van der Waals surface area contributed by atoms with Crippen molar-refractivity contribution in [3.05, 3.63) is 23.3 Å². The zero-order valence-electron chi connectivity index (χ0n) is 12.0. The van der Waals surface area contributed by atoms with Gasteiger partial charge in [-0.2, -0.15) is 11.8 Å². The fourth-order valence-corrected chi connectivity index (χ4v) is 5.16. The predicted octanol–water partition coefficient (Wildman–Crippen LogP) is 2.45. The molecular formula is C14H22N2O2S2. The van der Waals surface area contributed by atoms with Crippen LogP contribution in [-0.2, 0) is 10.0 Å². The Labute approximate surface area is 125 Å². The molecule has 0 aliphatic carbocycles. The van der Waals surface area contributed by atoms with E-state index in [0.717, 1.165) is 23.3 Å². The number of thioether (sulfide) groups is 1. The number of sulfonamides is 1. The van der Waals surface area contributed by atoms with Crippen molar-refractivity contribution in [1.82, 2.24) is 4.72 Å². The van der Waals surface area contributed by atoms with Gasteiger partial charge in [0.1, 0.15) is 0 Å². The molecule has 6 heteroatoms. The molecule has 0 spiro atoms. The van der Waals surface area contributed by atoms with Gasteiger partial charge in [0.2, 0.25) is 10.0 Å². The van der Waals surface area contributed by atoms with Crippen molar-refractivity contribution < 1.29 is 8.42 Å². The number of rotatable bonds is 4. The highest BCUT2D eigenvalue weighted by molar-refractivity contribution is 8.00. The summed E-state index contributed by atoms with van der Waals surface area (Å²) in [5.41, 5.74) is 7.92. The van der Waals surface area contributed by atoms with Crippen molar-refractivity contribution in [2.24, 2.45) is 0 Å². The first-order valence-electron chi connectivity index (χ1n) is 6.88. The standard InChI is InChI=1S/C14H22N2O2S2/c1-10-7-12(15)8-14(11(10)2)20(17,18)16-9-13-5-3-4-6-19-13/h7-8,13,16H,3-6,9,15H2,1-2H3. The van der Waals surface area contributed by atoms with Gasteiger partial charge in [-0.05, 0) is 55.7 Å². The Kier molecular flexibility index (Phi) is 4.99. The van der Waals surface area contributed by atoms with Crippen molar-refractivity contribution in [2.45, 2.75) is 43.3 Å². The van der Waals surface area contributed by atoms with Crippen LogP contribution in [0.3, 0.4) is 0 Å². The second-order valence-electron chi connectivity index (χ2n) is 5.30. The molecule has 4 nitrogen and oxygen atoms in total. The van der Waals surface area contributed by atoms with Crippen LogP contribution in [0.5, 0.6) is 0 Å². The molecule has 3 N–H and O–H groups in total. The molecule has 0 aromatic heterocycles. The summed E-state index contributed by atoms with van der Waals surface area (Å²) < 4.78 is 27.6. The topological polar surface area (TPSA) is 72.2 Å². The van der Waals surface area contributed by atoms with Gasteiger partial charge < -0.3 is 5.73 Å². The number of nitrogen functional groups attached to an aromatic ring is 1. The van der Waals surface area contributed by atoms with E-state index in [-0.39, 0.29) is 0 Å². The minimum absolute atomic E-state index is 0.302. The van der Waals surface area contributed by atoms with Gasteiger partial charge in [-0.1, -0.05) is 6.42 Å². The van der Waals surface area contributed by atoms with Crippen LogP contribution < -0.4 is 10.5 Å². The number of nitrogens with two attached hydrogens (primary N) is 1. The zero-order chi connectivity index (χ0) is 14.8. The molecule has 20 heavy (non-hydrogen) atoms. The second kappa shape index (κ2) is 6.37. The summed E-state index contributed by atoms with van der Waals surface area (Å²) in [6.45, 7) is 4.20. The minimum Gasteiger partial charge on any atom is -0.399 e. The van der Waals surface area contributed by atoms with E-state index < -0.39 is 10.0 Å². The Morgan fingerprint density at radius 1 is 1.35 bits per heavy atom. The molecule has 1 heterocycles. The van der Waals surface area contributed by atoms with E-state index in [1.54, 1.807) is 12.1 Å². The molecule has 0 bridgehead atoms. The molecule has 1 aliphatic rings. The molecule has 1 saturated heterocycles. The van der Waals surface area contributed by atoms with Crippen LogP contribution in [0.15, 0.2) is 17.0 Å². The van der Waals surface area contributed by atoms with E-state index in [1.165, 1.54) is 12.8 Å². The highest BCUT2D eigenvalue weighted by Crippen LogP contribution is 2.26. The molecule has 1 unspecified atom stereocenters. The summed E-state index contributed by atoms with van der Waals surface area (Å²) in [6, 6.07) is 3.34. The normalized spacial score (nSPS) is 20.0. The van der Waals surface area contributed by atoms with Crippen LogP contribution in [0.4, 0.5) is 5.69 Å². The summed E-state index contributed by atoms with van der Waals surface area (Å²) in [7, 11) is -3.48. The highest BCUT2D eigenvalue weighted by Gasteiger charge is 2.21.